The summed E-state index contributed by atoms with van der Waals surface area (Å²) in [5, 5.41) is 7.88. The maximum absolute atomic E-state index is 11.9. The number of hydrogen-bond acceptors (Lipinski definition) is 3. The van der Waals surface area contributed by atoms with Crippen molar-refractivity contribution in [2.45, 2.75) is 50.5 Å². The van der Waals surface area contributed by atoms with Crippen LogP contribution in [0.25, 0.3) is 0 Å². The van der Waals surface area contributed by atoms with Gasteiger partial charge in [-0.15, -0.1) is 0 Å². The molecule has 1 saturated carbocycles. The van der Waals surface area contributed by atoms with E-state index in [0.29, 0.717) is 12.0 Å². The van der Waals surface area contributed by atoms with Gasteiger partial charge in [0.25, 0.3) is 0 Å². The zero-order valence-electron chi connectivity index (χ0n) is 10.1. The lowest BCUT2D eigenvalue weighted by molar-refractivity contribution is 0.424. The van der Waals surface area contributed by atoms with E-state index in [0.717, 1.165) is 38.2 Å². The van der Waals surface area contributed by atoms with Crippen LogP contribution < -0.4 is 11.0 Å². The van der Waals surface area contributed by atoms with Crippen LogP contribution in [0.1, 0.15) is 56.3 Å². The second kappa shape index (κ2) is 4.64. The Hall–Kier alpha value is -1.10. The van der Waals surface area contributed by atoms with Crippen LogP contribution in [0.3, 0.4) is 0 Å². The number of aromatic amines is 1. The number of rotatable bonds is 2. The van der Waals surface area contributed by atoms with E-state index >= 15 is 0 Å². The lowest BCUT2D eigenvalue weighted by Gasteiger charge is -2.20. The summed E-state index contributed by atoms with van der Waals surface area (Å²) in [6, 6.07) is 0.337. The number of H-pyrrole nitrogens is 1. The molecule has 0 radical (unpaired) electrons. The maximum atomic E-state index is 11.9. The van der Waals surface area contributed by atoms with Gasteiger partial charge in [-0.05, 0) is 32.2 Å². The Balaban J connectivity index is 1.81. The van der Waals surface area contributed by atoms with Crippen LogP contribution in [0.2, 0.25) is 0 Å². The summed E-state index contributed by atoms with van der Waals surface area (Å²) in [4.78, 5) is 14.8. The summed E-state index contributed by atoms with van der Waals surface area (Å²) >= 11 is 0. The number of nitrogens with one attached hydrogen (secondary N) is 2. The van der Waals surface area contributed by atoms with Gasteiger partial charge in [0.05, 0.1) is 6.04 Å². The van der Waals surface area contributed by atoms with Crippen LogP contribution in [-0.2, 0) is 0 Å². The molecule has 17 heavy (non-hydrogen) atoms. The second-order valence-electron chi connectivity index (χ2n) is 5.24. The third kappa shape index (κ3) is 2.16. The summed E-state index contributed by atoms with van der Waals surface area (Å²) < 4.78 is 1.69. The van der Waals surface area contributed by atoms with Crippen molar-refractivity contribution >= 4 is 0 Å². The first-order valence-corrected chi connectivity index (χ1v) is 6.74. The molecule has 1 atom stereocenters. The molecule has 1 aromatic rings. The Labute approximate surface area is 101 Å². The van der Waals surface area contributed by atoms with E-state index in [9.17, 15) is 4.79 Å². The number of nitrogens with zero attached hydrogens (tertiary/aromatic N) is 2. The highest BCUT2D eigenvalue weighted by Crippen LogP contribution is 2.28. The molecule has 2 fully saturated rings. The van der Waals surface area contributed by atoms with Crippen molar-refractivity contribution < 1.29 is 0 Å². The largest absolute Gasteiger partial charge is 0.343 e. The van der Waals surface area contributed by atoms with Gasteiger partial charge in [0.1, 0.15) is 5.82 Å². The topological polar surface area (TPSA) is 62.7 Å². The van der Waals surface area contributed by atoms with Crippen LogP contribution in [0, 0.1) is 0 Å². The summed E-state index contributed by atoms with van der Waals surface area (Å²) in [6.07, 6.45) is 6.96. The molecule has 0 spiro atoms. The molecule has 94 valence electrons. The van der Waals surface area contributed by atoms with Crippen LogP contribution in [0.4, 0.5) is 0 Å². The molecule has 1 unspecified atom stereocenters. The minimum atomic E-state index is -0.0162. The number of piperidine rings is 1. The standard InChI is InChI=1S/C12H20N4O/c17-12-14-11(9-4-3-7-13-8-9)15-16(12)10-5-1-2-6-10/h9-10,13H,1-8H2,(H,14,15,17). The van der Waals surface area contributed by atoms with Gasteiger partial charge in [-0.25, -0.2) is 9.48 Å². The highest BCUT2D eigenvalue weighted by molar-refractivity contribution is 4.97. The Morgan fingerprint density at radius 3 is 2.71 bits per heavy atom. The van der Waals surface area contributed by atoms with Crippen LogP contribution in [0.15, 0.2) is 4.79 Å². The second-order valence-corrected chi connectivity index (χ2v) is 5.24. The van der Waals surface area contributed by atoms with Gasteiger partial charge in [0.15, 0.2) is 0 Å². The molecule has 3 rings (SSSR count). The lowest BCUT2D eigenvalue weighted by atomic mass is 9.99. The van der Waals surface area contributed by atoms with E-state index < -0.39 is 0 Å². The third-order valence-corrected chi connectivity index (χ3v) is 4.01. The van der Waals surface area contributed by atoms with Gasteiger partial charge in [0, 0.05) is 12.5 Å². The van der Waals surface area contributed by atoms with Crippen LogP contribution >= 0.6 is 0 Å². The van der Waals surface area contributed by atoms with Gasteiger partial charge < -0.3 is 5.32 Å². The van der Waals surface area contributed by atoms with Crippen molar-refractivity contribution in [3.05, 3.63) is 16.3 Å². The fourth-order valence-corrected chi connectivity index (χ4v) is 3.02. The molecule has 5 nitrogen and oxygen atoms in total. The average molecular weight is 236 g/mol. The summed E-state index contributed by atoms with van der Waals surface area (Å²) in [5.41, 5.74) is -0.0162. The summed E-state index contributed by atoms with van der Waals surface area (Å²) in [7, 11) is 0. The Bertz CT molecular complexity index is 424. The van der Waals surface area contributed by atoms with E-state index in [1.165, 1.54) is 19.3 Å². The van der Waals surface area contributed by atoms with Crippen molar-refractivity contribution in [1.29, 1.82) is 0 Å². The van der Waals surface area contributed by atoms with Crippen molar-refractivity contribution in [3.63, 3.8) is 0 Å². The summed E-state index contributed by atoms with van der Waals surface area (Å²) in [5.74, 6) is 1.27. The Kier molecular flexibility index (Phi) is 3.01. The molecule has 0 amide bonds. The lowest BCUT2D eigenvalue weighted by Crippen LogP contribution is -2.29. The van der Waals surface area contributed by atoms with E-state index in [1.807, 2.05) is 0 Å². The van der Waals surface area contributed by atoms with E-state index in [1.54, 1.807) is 4.68 Å². The zero-order valence-corrected chi connectivity index (χ0v) is 10.1. The highest BCUT2D eigenvalue weighted by Gasteiger charge is 2.24. The average Bonchev–Trinajstić information content (AvgIpc) is 2.99. The zero-order chi connectivity index (χ0) is 11.7. The molecular formula is C12H20N4O. The quantitative estimate of drug-likeness (QED) is 0.809. The number of hydrogen-bond donors (Lipinski definition) is 2. The van der Waals surface area contributed by atoms with Crippen molar-refractivity contribution in [1.82, 2.24) is 20.1 Å². The van der Waals surface area contributed by atoms with E-state index in [2.05, 4.69) is 15.4 Å². The SMILES string of the molecule is O=c1[nH]c(C2CCCNC2)nn1C1CCCC1. The minimum Gasteiger partial charge on any atom is -0.316 e. The van der Waals surface area contributed by atoms with Gasteiger partial charge in [0.2, 0.25) is 0 Å². The van der Waals surface area contributed by atoms with Crippen molar-refractivity contribution in [2.75, 3.05) is 13.1 Å². The molecule has 1 aliphatic carbocycles. The molecule has 2 heterocycles. The molecule has 1 aliphatic heterocycles. The van der Waals surface area contributed by atoms with Crippen LogP contribution in [-0.4, -0.2) is 27.9 Å². The van der Waals surface area contributed by atoms with E-state index in [-0.39, 0.29) is 5.69 Å². The van der Waals surface area contributed by atoms with Crippen molar-refractivity contribution in [3.8, 4) is 0 Å². The normalized spacial score (nSPS) is 26.5. The predicted octanol–water partition coefficient (Wildman–Crippen LogP) is 1.15. The van der Waals surface area contributed by atoms with Crippen molar-refractivity contribution in [2.24, 2.45) is 0 Å². The first-order chi connectivity index (χ1) is 8.34. The summed E-state index contributed by atoms with van der Waals surface area (Å²) in [6.45, 7) is 2.03. The van der Waals surface area contributed by atoms with Gasteiger partial charge in [-0.2, -0.15) is 5.10 Å². The fourth-order valence-electron chi connectivity index (χ4n) is 3.02. The van der Waals surface area contributed by atoms with Gasteiger partial charge in [-0.1, -0.05) is 12.8 Å². The number of aromatic nitrogens is 3. The maximum Gasteiger partial charge on any atom is 0.343 e. The molecule has 1 saturated heterocycles. The van der Waals surface area contributed by atoms with E-state index in [4.69, 9.17) is 0 Å². The molecular weight excluding hydrogens is 216 g/mol. The first-order valence-electron chi connectivity index (χ1n) is 6.74. The monoisotopic (exact) mass is 236 g/mol. The molecule has 2 aliphatic rings. The Morgan fingerprint density at radius 2 is 2.00 bits per heavy atom. The fraction of sp³-hybridized carbons (Fsp3) is 0.833. The Morgan fingerprint density at radius 1 is 1.18 bits per heavy atom. The molecule has 1 aromatic heterocycles. The van der Waals surface area contributed by atoms with Crippen LogP contribution in [0.5, 0.6) is 0 Å². The molecule has 0 aromatic carbocycles. The third-order valence-electron chi connectivity index (χ3n) is 4.01. The molecule has 5 heteroatoms. The predicted molar refractivity (Wildman–Crippen MR) is 65.2 cm³/mol. The molecule has 2 N–H and O–H groups in total. The molecule has 0 bridgehead atoms. The van der Waals surface area contributed by atoms with Gasteiger partial charge in [-0.3, -0.25) is 4.98 Å². The van der Waals surface area contributed by atoms with Gasteiger partial charge >= 0.3 is 5.69 Å². The smallest absolute Gasteiger partial charge is 0.316 e. The minimum absolute atomic E-state index is 0.0162. The highest BCUT2D eigenvalue weighted by atomic mass is 16.2. The first kappa shape index (κ1) is 11.0.